The highest BCUT2D eigenvalue weighted by atomic mass is 32.2. The molecular formula is C16H19N3OS2. The van der Waals surface area contributed by atoms with Crippen LogP contribution in [-0.2, 0) is 4.79 Å². The molecule has 6 heteroatoms. The molecule has 22 heavy (non-hydrogen) atoms. The molecule has 1 unspecified atom stereocenters. The number of amides is 1. The van der Waals surface area contributed by atoms with Gasteiger partial charge in [-0.2, -0.15) is 11.8 Å². The Balaban J connectivity index is 1.90. The van der Waals surface area contributed by atoms with Gasteiger partial charge in [0.25, 0.3) is 0 Å². The van der Waals surface area contributed by atoms with E-state index in [4.69, 9.17) is 5.73 Å². The lowest BCUT2D eigenvalue weighted by Gasteiger charge is -2.12. The number of benzene rings is 1. The quantitative estimate of drug-likeness (QED) is 0.814. The molecule has 0 bridgehead atoms. The van der Waals surface area contributed by atoms with Gasteiger partial charge in [0.05, 0.1) is 6.04 Å². The van der Waals surface area contributed by atoms with Crippen LogP contribution < -0.4 is 11.1 Å². The molecule has 0 spiro atoms. The lowest BCUT2D eigenvalue weighted by molar-refractivity contribution is -0.117. The minimum atomic E-state index is -0.460. The first-order valence-electron chi connectivity index (χ1n) is 6.92. The van der Waals surface area contributed by atoms with Crippen LogP contribution in [0.15, 0.2) is 58.6 Å². The Labute approximate surface area is 139 Å². The highest BCUT2D eigenvalue weighted by molar-refractivity contribution is 7.99. The zero-order valence-electron chi connectivity index (χ0n) is 12.4. The zero-order valence-corrected chi connectivity index (χ0v) is 14.0. The fourth-order valence-electron chi connectivity index (χ4n) is 1.76. The summed E-state index contributed by atoms with van der Waals surface area (Å²) in [7, 11) is 0. The lowest BCUT2D eigenvalue weighted by Crippen LogP contribution is -2.36. The number of hydrogen-bond donors (Lipinski definition) is 2. The van der Waals surface area contributed by atoms with Crippen molar-refractivity contribution < 1.29 is 4.79 Å². The number of aromatic nitrogens is 1. The smallest absolute Gasteiger partial charge is 0.241 e. The van der Waals surface area contributed by atoms with Crippen LogP contribution in [0.2, 0.25) is 0 Å². The Kier molecular flexibility index (Phi) is 6.76. The first-order valence-corrected chi connectivity index (χ1v) is 9.13. The molecule has 0 fully saturated rings. The predicted octanol–water partition coefficient (Wildman–Crippen LogP) is 3.25. The predicted molar refractivity (Wildman–Crippen MR) is 94.4 cm³/mol. The van der Waals surface area contributed by atoms with Crippen molar-refractivity contribution in [2.75, 3.05) is 17.3 Å². The average molecular weight is 333 g/mol. The number of pyridine rings is 1. The van der Waals surface area contributed by atoms with Crippen LogP contribution in [0.1, 0.15) is 6.42 Å². The molecule has 1 aromatic carbocycles. The fourth-order valence-corrected chi connectivity index (χ4v) is 3.05. The molecule has 0 radical (unpaired) electrons. The largest absolute Gasteiger partial charge is 0.325 e. The number of thioether (sulfide) groups is 1. The Bertz CT molecular complexity index is 590. The minimum Gasteiger partial charge on any atom is -0.325 e. The van der Waals surface area contributed by atoms with Crippen LogP contribution in [0.3, 0.4) is 0 Å². The number of nitrogens with one attached hydrogen (secondary N) is 1. The van der Waals surface area contributed by atoms with Gasteiger partial charge in [-0.25, -0.2) is 0 Å². The maximum absolute atomic E-state index is 11.9. The number of nitrogens with zero attached hydrogens (tertiary/aromatic N) is 1. The van der Waals surface area contributed by atoms with Gasteiger partial charge in [0.2, 0.25) is 5.91 Å². The van der Waals surface area contributed by atoms with E-state index in [0.29, 0.717) is 6.42 Å². The van der Waals surface area contributed by atoms with Crippen molar-refractivity contribution in [3.05, 3.63) is 48.8 Å². The average Bonchev–Trinajstić information content (AvgIpc) is 2.55. The third kappa shape index (κ3) is 5.36. The van der Waals surface area contributed by atoms with E-state index >= 15 is 0 Å². The van der Waals surface area contributed by atoms with Gasteiger partial charge in [0.1, 0.15) is 0 Å². The molecule has 0 saturated carbocycles. The monoisotopic (exact) mass is 333 g/mol. The van der Waals surface area contributed by atoms with Crippen molar-refractivity contribution in [1.29, 1.82) is 0 Å². The molecule has 1 heterocycles. The second kappa shape index (κ2) is 8.82. The molecule has 3 N–H and O–H groups in total. The van der Waals surface area contributed by atoms with Crippen molar-refractivity contribution in [3.63, 3.8) is 0 Å². The summed E-state index contributed by atoms with van der Waals surface area (Å²) in [6.07, 6.45) is 6.23. The van der Waals surface area contributed by atoms with Crippen molar-refractivity contribution in [1.82, 2.24) is 4.98 Å². The number of nitrogens with two attached hydrogens (primary N) is 1. The second-order valence-electron chi connectivity index (χ2n) is 4.69. The maximum atomic E-state index is 11.9. The molecule has 1 amide bonds. The van der Waals surface area contributed by atoms with Crippen LogP contribution >= 0.6 is 23.5 Å². The molecule has 2 rings (SSSR count). The van der Waals surface area contributed by atoms with E-state index in [1.807, 2.05) is 42.7 Å². The molecule has 116 valence electrons. The van der Waals surface area contributed by atoms with Crippen molar-refractivity contribution in [3.8, 4) is 0 Å². The summed E-state index contributed by atoms with van der Waals surface area (Å²) in [5.74, 6) is 0.749. The zero-order chi connectivity index (χ0) is 15.8. The van der Waals surface area contributed by atoms with E-state index in [-0.39, 0.29) is 5.91 Å². The minimum absolute atomic E-state index is 0.136. The van der Waals surface area contributed by atoms with Crippen LogP contribution in [0, 0.1) is 0 Å². The first-order chi connectivity index (χ1) is 10.7. The summed E-state index contributed by atoms with van der Waals surface area (Å²) in [4.78, 5) is 18.2. The number of carbonyl (C=O) groups is 1. The Morgan fingerprint density at radius 3 is 2.45 bits per heavy atom. The molecule has 1 aromatic heterocycles. The summed E-state index contributed by atoms with van der Waals surface area (Å²) >= 11 is 3.34. The lowest BCUT2D eigenvalue weighted by atomic mass is 10.2. The normalized spacial score (nSPS) is 11.9. The van der Waals surface area contributed by atoms with Crippen molar-refractivity contribution >= 4 is 35.1 Å². The summed E-state index contributed by atoms with van der Waals surface area (Å²) in [6, 6.07) is 11.2. The number of anilines is 1. The summed E-state index contributed by atoms with van der Waals surface area (Å²) < 4.78 is 0. The van der Waals surface area contributed by atoms with Gasteiger partial charge in [-0.1, -0.05) is 11.8 Å². The second-order valence-corrected chi connectivity index (χ2v) is 6.82. The molecule has 0 aliphatic rings. The molecular weight excluding hydrogens is 314 g/mol. The standard InChI is InChI=1S/C16H19N3OS2/c1-21-11-8-15(17)16(20)19-12-2-4-13(5-3-12)22-14-6-9-18-10-7-14/h2-7,9-10,15H,8,11,17H2,1H3,(H,19,20). The Morgan fingerprint density at radius 2 is 1.82 bits per heavy atom. The van der Waals surface area contributed by atoms with E-state index < -0.39 is 6.04 Å². The van der Waals surface area contributed by atoms with Crippen LogP contribution in [-0.4, -0.2) is 28.9 Å². The molecule has 0 aliphatic heterocycles. The highest BCUT2D eigenvalue weighted by Gasteiger charge is 2.12. The van der Waals surface area contributed by atoms with Gasteiger partial charge in [-0.05, 0) is 54.8 Å². The van der Waals surface area contributed by atoms with Gasteiger partial charge < -0.3 is 11.1 Å². The van der Waals surface area contributed by atoms with Gasteiger partial charge in [0.15, 0.2) is 0 Å². The molecule has 2 aromatic rings. The molecule has 1 atom stereocenters. The molecule has 0 aliphatic carbocycles. The number of rotatable bonds is 7. The van der Waals surface area contributed by atoms with Gasteiger partial charge in [0, 0.05) is 27.9 Å². The summed E-state index contributed by atoms with van der Waals surface area (Å²) in [6.45, 7) is 0. The molecule has 0 saturated heterocycles. The van der Waals surface area contributed by atoms with Crippen LogP contribution in [0.4, 0.5) is 5.69 Å². The van der Waals surface area contributed by atoms with E-state index in [9.17, 15) is 4.79 Å². The maximum Gasteiger partial charge on any atom is 0.241 e. The fraction of sp³-hybridized carbons (Fsp3) is 0.250. The summed E-state index contributed by atoms with van der Waals surface area (Å²) in [5.41, 5.74) is 6.62. The van der Waals surface area contributed by atoms with Gasteiger partial charge in [-0.15, -0.1) is 0 Å². The number of carbonyl (C=O) groups excluding carboxylic acids is 1. The Morgan fingerprint density at radius 1 is 1.18 bits per heavy atom. The van der Waals surface area contributed by atoms with E-state index in [2.05, 4.69) is 10.3 Å². The van der Waals surface area contributed by atoms with E-state index in [1.165, 1.54) is 0 Å². The van der Waals surface area contributed by atoms with E-state index in [0.717, 1.165) is 21.2 Å². The molecule has 4 nitrogen and oxygen atoms in total. The highest BCUT2D eigenvalue weighted by Crippen LogP contribution is 2.27. The van der Waals surface area contributed by atoms with Gasteiger partial charge >= 0.3 is 0 Å². The first kappa shape index (κ1) is 16.9. The topological polar surface area (TPSA) is 68.0 Å². The SMILES string of the molecule is CSCCC(N)C(=O)Nc1ccc(Sc2ccncc2)cc1. The third-order valence-corrected chi connectivity index (χ3v) is 4.64. The van der Waals surface area contributed by atoms with Crippen LogP contribution in [0.25, 0.3) is 0 Å². The van der Waals surface area contributed by atoms with Crippen molar-refractivity contribution in [2.45, 2.75) is 22.3 Å². The van der Waals surface area contributed by atoms with Crippen LogP contribution in [0.5, 0.6) is 0 Å². The van der Waals surface area contributed by atoms with Gasteiger partial charge in [-0.3, -0.25) is 9.78 Å². The summed E-state index contributed by atoms with van der Waals surface area (Å²) in [5, 5.41) is 2.85. The number of hydrogen-bond acceptors (Lipinski definition) is 5. The van der Waals surface area contributed by atoms with Crippen molar-refractivity contribution in [2.24, 2.45) is 5.73 Å². The Hall–Kier alpha value is -1.50. The third-order valence-electron chi connectivity index (χ3n) is 2.98. The van der Waals surface area contributed by atoms with E-state index in [1.54, 1.807) is 35.9 Å².